The molecular formula is C16H11BrF4. The van der Waals surface area contributed by atoms with Gasteiger partial charge in [0.15, 0.2) is 0 Å². The summed E-state index contributed by atoms with van der Waals surface area (Å²) in [6.07, 6.45) is 1.07. The van der Waals surface area contributed by atoms with Crippen LogP contribution in [0.15, 0.2) is 60.7 Å². The second-order valence-electron chi connectivity index (χ2n) is 4.41. The molecule has 0 radical (unpaired) electrons. The predicted octanol–water partition coefficient (Wildman–Crippen LogP) is 5.85. The topological polar surface area (TPSA) is 0 Å². The summed E-state index contributed by atoms with van der Waals surface area (Å²) in [6.45, 7) is 0. The zero-order valence-corrected chi connectivity index (χ0v) is 12.3. The summed E-state index contributed by atoms with van der Waals surface area (Å²) >= 11 is 1.79. The molecule has 21 heavy (non-hydrogen) atoms. The minimum atomic E-state index is -4.34. The van der Waals surface area contributed by atoms with E-state index in [1.807, 2.05) is 0 Å². The third-order valence-corrected chi connectivity index (χ3v) is 3.39. The summed E-state index contributed by atoms with van der Waals surface area (Å²) < 4.78 is 54.7. The van der Waals surface area contributed by atoms with Gasteiger partial charge in [0.2, 0.25) is 0 Å². The molecule has 0 unspecified atom stereocenters. The number of hydrogen-bond acceptors (Lipinski definition) is 0. The van der Waals surface area contributed by atoms with E-state index in [0.717, 1.165) is 6.08 Å². The van der Waals surface area contributed by atoms with E-state index in [-0.39, 0.29) is 5.56 Å². The first-order valence-electron chi connectivity index (χ1n) is 6.09. The van der Waals surface area contributed by atoms with E-state index >= 15 is 0 Å². The van der Waals surface area contributed by atoms with Crippen LogP contribution in [0.3, 0.4) is 0 Å². The van der Waals surface area contributed by atoms with Crippen molar-refractivity contribution in [3.63, 3.8) is 0 Å². The van der Waals surface area contributed by atoms with Crippen molar-refractivity contribution in [2.45, 2.75) is 10.8 Å². The minimum absolute atomic E-state index is 0.0467. The summed E-state index contributed by atoms with van der Waals surface area (Å²) in [5, 5.41) is 0. The van der Waals surface area contributed by atoms with Crippen LogP contribution in [0.25, 0.3) is 11.6 Å². The van der Waals surface area contributed by atoms with Crippen LogP contribution in [-0.4, -0.2) is 10.8 Å². The predicted molar refractivity (Wildman–Crippen MR) is 79.6 cm³/mol. The molecule has 0 N–H and O–H groups in total. The highest BCUT2D eigenvalue weighted by atomic mass is 79.9. The van der Waals surface area contributed by atoms with Crippen LogP contribution >= 0.6 is 15.9 Å². The summed E-state index contributed by atoms with van der Waals surface area (Å²) in [4.78, 5) is -4.34. The molecule has 5 heteroatoms. The van der Waals surface area contributed by atoms with E-state index < -0.39 is 16.3 Å². The maximum absolute atomic E-state index is 14.1. The highest BCUT2D eigenvalue weighted by Crippen LogP contribution is 2.48. The minimum Gasteiger partial charge on any atom is -0.193 e. The van der Waals surface area contributed by atoms with Crippen molar-refractivity contribution < 1.29 is 17.6 Å². The van der Waals surface area contributed by atoms with E-state index in [4.69, 9.17) is 0 Å². The fourth-order valence-electron chi connectivity index (χ4n) is 1.84. The maximum atomic E-state index is 14.1. The van der Waals surface area contributed by atoms with Crippen LogP contribution in [0.5, 0.6) is 0 Å². The summed E-state index contributed by atoms with van der Waals surface area (Å²) in [7, 11) is 0. The van der Waals surface area contributed by atoms with Gasteiger partial charge in [-0.1, -0.05) is 60.7 Å². The molecule has 0 amide bonds. The van der Waals surface area contributed by atoms with E-state index in [0.29, 0.717) is 5.56 Å². The van der Waals surface area contributed by atoms with Gasteiger partial charge in [0.05, 0.1) is 0 Å². The Morgan fingerprint density at radius 1 is 0.810 bits per heavy atom. The molecule has 2 aromatic rings. The van der Waals surface area contributed by atoms with Crippen LogP contribution < -0.4 is 0 Å². The monoisotopic (exact) mass is 358 g/mol. The van der Waals surface area contributed by atoms with E-state index in [1.165, 1.54) is 24.3 Å². The van der Waals surface area contributed by atoms with Crippen molar-refractivity contribution in [3.05, 3.63) is 71.8 Å². The molecule has 0 aliphatic carbocycles. The average molecular weight is 359 g/mol. The first-order chi connectivity index (χ1) is 9.82. The Balaban J connectivity index is 2.59. The van der Waals surface area contributed by atoms with Gasteiger partial charge < -0.3 is 0 Å². The highest BCUT2D eigenvalue weighted by molar-refractivity contribution is 9.10. The number of benzene rings is 2. The molecule has 2 rings (SSSR count). The second kappa shape index (κ2) is 6.02. The Kier molecular flexibility index (Phi) is 4.52. The molecule has 2 aromatic carbocycles. The molecule has 0 aliphatic heterocycles. The standard InChI is InChI=1S/C16H11BrF4/c17-16(20,21)15(18,19)14(13-9-5-2-6-10-13)11-12-7-3-1-4-8-12/h1-11H/b14-11+. The van der Waals surface area contributed by atoms with Crippen LogP contribution in [0.1, 0.15) is 11.1 Å². The van der Waals surface area contributed by atoms with Gasteiger partial charge in [-0.15, -0.1) is 0 Å². The molecule has 0 bridgehead atoms. The normalized spacial score (nSPS) is 13.3. The van der Waals surface area contributed by atoms with Gasteiger partial charge in [0, 0.05) is 5.57 Å². The van der Waals surface area contributed by atoms with E-state index in [2.05, 4.69) is 0 Å². The SMILES string of the molecule is FC(F)(Br)C(F)(F)/C(=C/c1ccccc1)c1ccccc1. The van der Waals surface area contributed by atoms with Crippen molar-refractivity contribution in [2.24, 2.45) is 0 Å². The van der Waals surface area contributed by atoms with Gasteiger partial charge in [-0.2, -0.15) is 17.6 Å². The summed E-state index contributed by atoms with van der Waals surface area (Å²) in [6, 6.07) is 15.6. The molecule has 0 saturated heterocycles. The molecule has 0 aliphatic rings. The Labute approximate surface area is 128 Å². The fourth-order valence-corrected chi connectivity index (χ4v) is 2.06. The lowest BCUT2D eigenvalue weighted by atomic mass is 9.97. The van der Waals surface area contributed by atoms with Gasteiger partial charge in [-0.25, -0.2) is 0 Å². The zero-order chi connectivity index (χ0) is 15.5. The molecule has 0 heterocycles. The number of rotatable bonds is 4. The van der Waals surface area contributed by atoms with Gasteiger partial charge in [-0.3, -0.25) is 0 Å². The largest absolute Gasteiger partial charge is 0.367 e. The Morgan fingerprint density at radius 3 is 1.76 bits per heavy atom. The van der Waals surface area contributed by atoms with Gasteiger partial charge in [0.1, 0.15) is 0 Å². The van der Waals surface area contributed by atoms with Crippen LogP contribution in [0, 0.1) is 0 Å². The lowest BCUT2D eigenvalue weighted by Crippen LogP contribution is -2.36. The first-order valence-corrected chi connectivity index (χ1v) is 6.89. The third kappa shape index (κ3) is 3.53. The number of alkyl halides is 5. The van der Waals surface area contributed by atoms with E-state index in [1.54, 1.807) is 52.3 Å². The highest BCUT2D eigenvalue weighted by Gasteiger charge is 2.57. The molecule has 0 aromatic heterocycles. The van der Waals surface area contributed by atoms with Gasteiger partial charge in [0.25, 0.3) is 0 Å². The Hall–Kier alpha value is -1.62. The van der Waals surface area contributed by atoms with Crippen molar-refractivity contribution in [2.75, 3.05) is 0 Å². The molecule has 110 valence electrons. The second-order valence-corrected chi connectivity index (χ2v) is 5.40. The lowest BCUT2D eigenvalue weighted by Gasteiger charge is -2.25. The maximum Gasteiger partial charge on any atom is 0.367 e. The Morgan fingerprint density at radius 2 is 1.29 bits per heavy atom. The van der Waals surface area contributed by atoms with E-state index in [9.17, 15) is 17.6 Å². The molecule has 0 spiro atoms. The van der Waals surface area contributed by atoms with Crippen LogP contribution in [0.2, 0.25) is 0 Å². The van der Waals surface area contributed by atoms with Crippen LogP contribution in [-0.2, 0) is 0 Å². The van der Waals surface area contributed by atoms with Gasteiger partial charge in [-0.05, 0) is 33.1 Å². The third-order valence-electron chi connectivity index (χ3n) is 2.89. The van der Waals surface area contributed by atoms with Crippen LogP contribution in [0.4, 0.5) is 17.6 Å². The molecule has 0 saturated carbocycles. The lowest BCUT2D eigenvalue weighted by molar-refractivity contribution is -0.103. The van der Waals surface area contributed by atoms with Crippen molar-refractivity contribution in [1.82, 2.24) is 0 Å². The van der Waals surface area contributed by atoms with Gasteiger partial charge >= 0.3 is 10.8 Å². The number of hydrogen-bond donors (Lipinski definition) is 0. The molecule has 0 atom stereocenters. The van der Waals surface area contributed by atoms with Crippen molar-refractivity contribution in [1.29, 1.82) is 0 Å². The van der Waals surface area contributed by atoms with Crippen molar-refractivity contribution >= 4 is 27.6 Å². The Bertz CT molecular complexity index is 616. The summed E-state index contributed by atoms with van der Waals surface area (Å²) in [5.74, 6) is -4.34. The first kappa shape index (κ1) is 15.8. The molecule has 0 nitrogen and oxygen atoms in total. The fraction of sp³-hybridized carbons (Fsp3) is 0.125. The zero-order valence-electron chi connectivity index (χ0n) is 10.7. The quantitative estimate of drug-likeness (QED) is 0.365. The molecular weight excluding hydrogens is 348 g/mol. The smallest absolute Gasteiger partial charge is 0.193 e. The van der Waals surface area contributed by atoms with Crippen molar-refractivity contribution in [3.8, 4) is 0 Å². The summed E-state index contributed by atoms with van der Waals surface area (Å²) in [5.41, 5.74) is -0.269. The number of halogens is 5. The molecule has 0 fully saturated rings. The average Bonchev–Trinajstić information content (AvgIpc) is 2.45. The number of allylic oxidation sites excluding steroid dienone is 1.